The summed E-state index contributed by atoms with van der Waals surface area (Å²) in [4.78, 5) is 26.6. The highest BCUT2D eigenvalue weighted by atomic mass is 127. The van der Waals surface area contributed by atoms with Gasteiger partial charge in [0.25, 0.3) is 11.8 Å². The van der Waals surface area contributed by atoms with Gasteiger partial charge in [0.2, 0.25) is 0 Å². The van der Waals surface area contributed by atoms with Gasteiger partial charge in [0, 0.05) is 33.5 Å². The topological polar surface area (TPSA) is 58.6 Å². The van der Waals surface area contributed by atoms with Crippen molar-refractivity contribution in [3.63, 3.8) is 0 Å². The first-order chi connectivity index (χ1) is 11.6. The average Bonchev–Trinajstić information content (AvgIpc) is 2.62. The highest BCUT2D eigenvalue weighted by Crippen LogP contribution is 2.16. The van der Waals surface area contributed by atoms with E-state index >= 15 is 0 Å². The quantitative estimate of drug-likeness (QED) is 0.753. The summed E-state index contributed by atoms with van der Waals surface area (Å²) < 4.78 is 6.27. The average molecular weight is 436 g/mol. The van der Waals surface area contributed by atoms with Crippen molar-refractivity contribution >= 4 is 40.1 Å². The number of ether oxygens (including phenoxy) is 1. The molecule has 0 atom stereocenters. The molecule has 2 aromatic rings. The van der Waals surface area contributed by atoms with Gasteiger partial charge < -0.3 is 15.0 Å². The smallest absolute Gasteiger partial charge is 0.255 e. The summed E-state index contributed by atoms with van der Waals surface area (Å²) in [5.41, 5.74) is 1.77. The molecule has 0 radical (unpaired) electrons. The van der Waals surface area contributed by atoms with Gasteiger partial charge in [-0.2, -0.15) is 0 Å². The molecule has 1 aliphatic heterocycles. The molecule has 0 bridgehead atoms. The lowest BCUT2D eigenvalue weighted by atomic mass is 10.1. The summed E-state index contributed by atoms with van der Waals surface area (Å²) in [6.07, 6.45) is 0. The van der Waals surface area contributed by atoms with Crippen LogP contribution in [0.15, 0.2) is 48.5 Å². The fourth-order valence-corrected chi connectivity index (χ4v) is 3.06. The molecule has 2 amide bonds. The molecular weight excluding hydrogens is 419 g/mol. The molecule has 1 saturated heterocycles. The third kappa shape index (κ3) is 4.12. The maximum absolute atomic E-state index is 12.5. The van der Waals surface area contributed by atoms with Crippen LogP contribution in [0, 0.1) is 3.57 Å². The Bertz CT molecular complexity index is 757. The number of nitrogens with zero attached hydrogens (tertiary/aromatic N) is 1. The van der Waals surface area contributed by atoms with E-state index in [1.807, 2.05) is 18.2 Å². The van der Waals surface area contributed by atoms with Crippen LogP contribution in [-0.4, -0.2) is 43.0 Å². The normalized spacial score (nSPS) is 14.3. The van der Waals surface area contributed by atoms with Crippen LogP contribution in [0.4, 0.5) is 5.69 Å². The Balaban J connectivity index is 1.73. The first kappa shape index (κ1) is 16.9. The summed E-state index contributed by atoms with van der Waals surface area (Å²) in [6, 6.07) is 14.4. The van der Waals surface area contributed by atoms with Gasteiger partial charge in [-0.15, -0.1) is 0 Å². The lowest BCUT2D eigenvalue weighted by Crippen LogP contribution is -2.40. The number of amides is 2. The van der Waals surface area contributed by atoms with E-state index in [-0.39, 0.29) is 11.8 Å². The lowest BCUT2D eigenvalue weighted by Gasteiger charge is -2.27. The van der Waals surface area contributed by atoms with E-state index < -0.39 is 0 Å². The van der Waals surface area contributed by atoms with Gasteiger partial charge in [-0.25, -0.2) is 0 Å². The van der Waals surface area contributed by atoms with Crippen LogP contribution in [-0.2, 0) is 4.74 Å². The predicted octanol–water partition coefficient (Wildman–Crippen LogP) is 3.02. The highest BCUT2D eigenvalue weighted by Gasteiger charge is 2.18. The molecule has 0 spiro atoms. The molecule has 2 aromatic carbocycles. The summed E-state index contributed by atoms with van der Waals surface area (Å²) in [5, 5.41) is 2.85. The van der Waals surface area contributed by atoms with Crippen LogP contribution in [0.2, 0.25) is 0 Å². The standard InChI is InChI=1S/C18H17IN2O3/c19-15-5-1-3-13(11-15)17(22)20-16-6-2-4-14(12-16)18(23)21-7-9-24-10-8-21/h1-6,11-12H,7-10H2,(H,20,22). The van der Waals surface area contributed by atoms with Gasteiger partial charge in [-0.1, -0.05) is 12.1 Å². The molecule has 0 aromatic heterocycles. The third-order valence-corrected chi connectivity index (χ3v) is 4.42. The molecule has 1 heterocycles. The van der Waals surface area contributed by atoms with Crippen molar-refractivity contribution in [3.05, 3.63) is 63.2 Å². The monoisotopic (exact) mass is 436 g/mol. The van der Waals surface area contributed by atoms with E-state index in [0.29, 0.717) is 43.1 Å². The van der Waals surface area contributed by atoms with Crippen molar-refractivity contribution in [3.8, 4) is 0 Å². The molecule has 1 aliphatic rings. The minimum absolute atomic E-state index is 0.0383. The van der Waals surface area contributed by atoms with Crippen molar-refractivity contribution in [2.45, 2.75) is 0 Å². The molecule has 0 saturated carbocycles. The summed E-state index contributed by atoms with van der Waals surface area (Å²) in [6.45, 7) is 2.32. The molecule has 6 heteroatoms. The molecule has 24 heavy (non-hydrogen) atoms. The Labute approximate surface area is 154 Å². The predicted molar refractivity (Wildman–Crippen MR) is 100 cm³/mol. The van der Waals surface area contributed by atoms with Crippen molar-refractivity contribution in [2.24, 2.45) is 0 Å². The van der Waals surface area contributed by atoms with Crippen LogP contribution in [0.1, 0.15) is 20.7 Å². The zero-order chi connectivity index (χ0) is 16.9. The zero-order valence-corrected chi connectivity index (χ0v) is 15.2. The van der Waals surface area contributed by atoms with Crippen molar-refractivity contribution in [2.75, 3.05) is 31.6 Å². The van der Waals surface area contributed by atoms with E-state index in [1.165, 1.54) is 0 Å². The second-order valence-electron chi connectivity index (χ2n) is 5.45. The van der Waals surface area contributed by atoms with Crippen LogP contribution < -0.4 is 5.32 Å². The number of halogens is 1. The Morgan fingerprint density at radius 1 is 1.00 bits per heavy atom. The Hall–Kier alpha value is -1.93. The summed E-state index contributed by atoms with van der Waals surface area (Å²) >= 11 is 2.17. The number of benzene rings is 2. The fourth-order valence-electron chi connectivity index (χ4n) is 2.51. The SMILES string of the molecule is O=C(Nc1cccc(C(=O)N2CCOCC2)c1)c1cccc(I)c1. The second-order valence-corrected chi connectivity index (χ2v) is 6.70. The molecule has 0 unspecified atom stereocenters. The van der Waals surface area contributed by atoms with Gasteiger partial charge in [0.15, 0.2) is 0 Å². The van der Waals surface area contributed by atoms with Gasteiger partial charge >= 0.3 is 0 Å². The van der Waals surface area contributed by atoms with Crippen LogP contribution in [0.5, 0.6) is 0 Å². The molecule has 1 fully saturated rings. The highest BCUT2D eigenvalue weighted by molar-refractivity contribution is 14.1. The number of hydrogen-bond acceptors (Lipinski definition) is 3. The number of hydrogen-bond donors (Lipinski definition) is 1. The summed E-state index contributed by atoms with van der Waals surface area (Å²) in [5.74, 6) is -0.229. The minimum atomic E-state index is -0.190. The number of carbonyl (C=O) groups is 2. The first-order valence-corrected chi connectivity index (χ1v) is 8.75. The van der Waals surface area contributed by atoms with Crippen LogP contribution >= 0.6 is 22.6 Å². The fraction of sp³-hybridized carbons (Fsp3) is 0.222. The van der Waals surface area contributed by atoms with Crippen molar-refractivity contribution < 1.29 is 14.3 Å². The van der Waals surface area contributed by atoms with Gasteiger partial charge in [-0.3, -0.25) is 9.59 Å². The second kappa shape index (κ2) is 7.76. The number of carbonyl (C=O) groups excluding carboxylic acids is 2. The molecule has 1 N–H and O–H groups in total. The minimum Gasteiger partial charge on any atom is -0.378 e. The first-order valence-electron chi connectivity index (χ1n) is 7.67. The lowest BCUT2D eigenvalue weighted by molar-refractivity contribution is 0.0303. The van der Waals surface area contributed by atoms with Crippen molar-refractivity contribution in [1.29, 1.82) is 0 Å². The Morgan fingerprint density at radius 2 is 1.71 bits per heavy atom. The Kier molecular flexibility index (Phi) is 5.47. The number of nitrogens with one attached hydrogen (secondary N) is 1. The zero-order valence-electron chi connectivity index (χ0n) is 13.0. The number of morpholine rings is 1. The van der Waals surface area contributed by atoms with E-state index in [9.17, 15) is 9.59 Å². The van der Waals surface area contributed by atoms with E-state index in [4.69, 9.17) is 4.74 Å². The van der Waals surface area contributed by atoms with Gasteiger partial charge in [0.05, 0.1) is 13.2 Å². The molecule has 5 nitrogen and oxygen atoms in total. The third-order valence-electron chi connectivity index (χ3n) is 3.75. The van der Waals surface area contributed by atoms with Crippen LogP contribution in [0.25, 0.3) is 0 Å². The van der Waals surface area contributed by atoms with E-state index in [0.717, 1.165) is 3.57 Å². The maximum Gasteiger partial charge on any atom is 0.255 e. The van der Waals surface area contributed by atoms with E-state index in [1.54, 1.807) is 35.2 Å². The van der Waals surface area contributed by atoms with Crippen LogP contribution in [0.3, 0.4) is 0 Å². The molecule has 124 valence electrons. The molecular formula is C18H17IN2O3. The van der Waals surface area contributed by atoms with Gasteiger partial charge in [-0.05, 0) is 59.0 Å². The largest absolute Gasteiger partial charge is 0.378 e. The van der Waals surface area contributed by atoms with Gasteiger partial charge in [0.1, 0.15) is 0 Å². The molecule has 3 rings (SSSR count). The van der Waals surface area contributed by atoms with Crippen molar-refractivity contribution in [1.82, 2.24) is 4.90 Å². The Morgan fingerprint density at radius 3 is 2.46 bits per heavy atom. The maximum atomic E-state index is 12.5. The summed E-state index contributed by atoms with van der Waals surface area (Å²) in [7, 11) is 0. The number of anilines is 1. The molecule has 0 aliphatic carbocycles. The number of rotatable bonds is 3. The van der Waals surface area contributed by atoms with E-state index in [2.05, 4.69) is 27.9 Å².